The van der Waals surface area contributed by atoms with Crippen LogP contribution in [0.5, 0.6) is 11.5 Å². The van der Waals surface area contributed by atoms with Gasteiger partial charge in [0, 0.05) is 43.2 Å². The van der Waals surface area contributed by atoms with Crippen molar-refractivity contribution in [3.8, 4) is 11.5 Å². The summed E-state index contributed by atoms with van der Waals surface area (Å²) in [5.41, 5.74) is 3.15. The number of halogens is 1. The highest BCUT2D eigenvalue weighted by atomic mass is 19.1. The molecule has 2 aromatic carbocycles. The second kappa shape index (κ2) is 8.83. The molecule has 158 valence electrons. The molecule has 0 aliphatic rings. The zero-order valence-electron chi connectivity index (χ0n) is 17.2. The summed E-state index contributed by atoms with van der Waals surface area (Å²) in [6.45, 7) is 1.81. The van der Waals surface area contributed by atoms with E-state index < -0.39 is 6.67 Å². The van der Waals surface area contributed by atoms with Crippen LogP contribution in [-0.2, 0) is 13.7 Å². The molecule has 0 atom stereocenters. The molecular formula is C23H22FN5O2. The van der Waals surface area contributed by atoms with Crippen LogP contribution in [-0.4, -0.2) is 27.0 Å². The number of nitrogens with zero attached hydrogens (tertiary/aromatic N) is 3. The van der Waals surface area contributed by atoms with E-state index in [9.17, 15) is 9.18 Å². The molecule has 4 aromatic rings. The van der Waals surface area contributed by atoms with Crippen LogP contribution < -0.4 is 15.4 Å². The number of para-hydroxylation sites is 1. The quantitative estimate of drug-likeness (QED) is 0.453. The number of amides is 1. The van der Waals surface area contributed by atoms with Crippen molar-refractivity contribution in [2.24, 2.45) is 7.05 Å². The van der Waals surface area contributed by atoms with Gasteiger partial charge in [0.1, 0.15) is 23.9 Å². The van der Waals surface area contributed by atoms with Gasteiger partial charge in [-0.2, -0.15) is 0 Å². The number of hydrogen-bond donors (Lipinski definition) is 2. The van der Waals surface area contributed by atoms with Crippen molar-refractivity contribution in [1.82, 2.24) is 19.9 Å². The molecule has 0 radical (unpaired) electrons. The Balaban J connectivity index is 1.59. The van der Waals surface area contributed by atoms with E-state index in [2.05, 4.69) is 20.6 Å². The van der Waals surface area contributed by atoms with Crippen LogP contribution in [0.1, 0.15) is 23.0 Å². The van der Waals surface area contributed by atoms with E-state index in [0.29, 0.717) is 35.2 Å². The summed E-state index contributed by atoms with van der Waals surface area (Å²) in [6.07, 6.45) is 1.53. The lowest BCUT2D eigenvalue weighted by Crippen LogP contribution is -2.23. The first kappa shape index (κ1) is 20.3. The molecule has 0 unspecified atom stereocenters. The third-order valence-corrected chi connectivity index (χ3v) is 4.80. The largest absolute Gasteiger partial charge is 0.457 e. The van der Waals surface area contributed by atoms with Gasteiger partial charge < -0.3 is 19.9 Å². The van der Waals surface area contributed by atoms with Gasteiger partial charge in [-0.3, -0.25) is 9.78 Å². The van der Waals surface area contributed by atoms with E-state index in [4.69, 9.17) is 4.74 Å². The number of aromatic nitrogens is 3. The average molecular weight is 419 g/mol. The van der Waals surface area contributed by atoms with Crippen molar-refractivity contribution < 1.29 is 13.9 Å². The minimum absolute atomic E-state index is 0.252. The molecule has 0 bridgehead atoms. The normalized spacial score (nSPS) is 10.8. The van der Waals surface area contributed by atoms with Crippen LogP contribution in [0.3, 0.4) is 0 Å². The average Bonchev–Trinajstić information content (AvgIpc) is 3.09. The molecule has 2 heterocycles. The molecule has 7 nitrogen and oxygen atoms in total. The first-order chi connectivity index (χ1) is 15.1. The van der Waals surface area contributed by atoms with Crippen LogP contribution in [0.25, 0.3) is 11.0 Å². The van der Waals surface area contributed by atoms with Gasteiger partial charge in [0.2, 0.25) is 5.95 Å². The number of imidazole rings is 1. The van der Waals surface area contributed by atoms with Crippen molar-refractivity contribution in [2.75, 3.05) is 11.9 Å². The first-order valence-electron chi connectivity index (χ1n) is 9.88. The zero-order chi connectivity index (χ0) is 21.8. The van der Waals surface area contributed by atoms with E-state index >= 15 is 0 Å². The Labute approximate surface area is 178 Å². The van der Waals surface area contributed by atoms with Crippen molar-refractivity contribution in [1.29, 1.82) is 0 Å². The maximum absolute atomic E-state index is 13.3. The number of pyridine rings is 1. The van der Waals surface area contributed by atoms with Gasteiger partial charge in [0.15, 0.2) is 0 Å². The number of rotatable bonds is 7. The number of alkyl halides is 1. The lowest BCUT2D eigenvalue weighted by Gasteiger charge is -2.09. The topological polar surface area (TPSA) is 81.1 Å². The molecule has 8 heteroatoms. The van der Waals surface area contributed by atoms with Crippen LogP contribution >= 0.6 is 0 Å². The smallest absolute Gasteiger partial charge is 0.270 e. The lowest BCUT2D eigenvalue weighted by atomic mass is 10.2. The highest BCUT2D eigenvalue weighted by Gasteiger charge is 2.12. The summed E-state index contributed by atoms with van der Waals surface area (Å²) in [5, 5.41) is 5.91. The van der Waals surface area contributed by atoms with Crippen molar-refractivity contribution in [3.63, 3.8) is 0 Å². The second-order valence-corrected chi connectivity index (χ2v) is 6.90. The molecule has 0 spiro atoms. The molecular weight excluding hydrogens is 397 g/mol. The van der Waals surface area contributed by atoms with E-state index in [-0.39, 0.29) is 11.6 Å². The van der Waals surface area contributed by atoms with Gasteiger partial charge in [-0.25, -0.2) is 9.37 Å². The Hall–Kier alpha value is -3.94. The van der Waals surface area contributed by atoms with Crippen molar-refractivity contribution >= 4 is 28.6 Å². The van der Waals surface area contributed by atoms with E-state index in [1.54, 1.807) is 24.3 Å². The highest BCUT2D eigenvalue weighted by molar-refractivity contribution is 5.92. The van der Waals surface area contributed by atoms with E-state index in [1.807, 2.05) is 48.9 Å². The molecule has 31 heavy (non-hydrogen) atoms. The standard InChI is InChI=1S/C23H22FN5O2/c1-3-25-22(30)20-13-17(10-11-26-20)31-16-8-9-21-19(12-16)28-23(29(21)2)27-18-7-5-4-6-15(18)14-24/h4-13H,3,14H2,1-2H3,(H,25,30)(H,27,28). The molecule has 0 aliphatic heterocycles. The summed E-state index contributed by atoms with van der Waals surface area (Å²) in [7, 11) is 1.89. The zero-order valence-corrected chi connectivity index (χ0v) is 17.2. The van der Waals surface area contributed by atoms with Crippen LogP contribution in [0.4, 0.5) is 16.0 Å². The maximum atomic E-state index is 13.3. The van der Waals surface area contributed by atoms with Crippen molar-refractivity contribution in [2.45, 2.75) is 13.6 Å². The van der Waals surface area contributed by atoms with E-state index in [1.165, 1.54) is 6.20 Å². The van der Waals surface area contributed by atoms with Gasteiger partial charge in [-0.05, 0) is 31.2 Å². The molecule has 2 N–H and O–H groups in total. The number of fused-ring (bicyclic) bond motifs is 1. The number of carbonyl (C=O) groups excluding carboxylic acids is 1. The molecule has 2 aromatic heterocycles. The number of aryl methyl sites for hydroxylation is 1. The SMILES string of the molecule is CCNC(=O)c1cc(Oc2ccc3c(c2)nc(Nc2ccccc2CF)n3C)ccn1. The summed E-state index contributed by atoms with van der Waals surface area (Å²) >= 11 is 0. The molecule has 1 amide bonds. The number of carbonyl (C=O) groups is 1. The highest BCUT2D eigenvalue weighted by Crippen LogP contribution is 2.29. The van der Waals surface area contributed by atoms with E-state index in [0.717, 1.165) is 11.0 Å². The number of nitrogens with one attached hydrogen (secondary N) is 2. The molecule has 0 aliphatic carbocycles. The van der Waals surface area contributed by atoms with Gasteiger partial charge in [0.05, 0.1) is 11.0 Å². The van der Waals surface area contributed by atoms with Crippen LogP contribution in [0.2, 0.25) is 0 Å². The summed E-state index contributed by atoms with van der Waals surface area (Å²) in [6, 6.07) is 16.0. The predicted molar refractivity (Wildman–Crippen MR) is 118 cm³/mol. The third kappa shape index (κ3) is 4.32. The van der Waals surface area contributed by atoms with Gasteiger partial charge in [0.25, 0.3) is 5.91 Å². The Kier molecular flexibility index (Phi) is 5.79. The monoisotopic (exact) mass is 419 g/mol. The third-order valence-electron chi connectivity index (χ3n) is 4.80. The Morgan fingerprint density at radius 1 is 1.13 bits per heavy atom. The summed E-state index contributed by atoms with van der Waals surface area (Å²) in [5.74, 6) is 1.42. The fraction of sp³-hybridized carbons (Fsp3) is 0.174. The van der Waals surface area contributed by atoms with Gasteiger partial charge in [-0.1, -0.05) is 18.2 Å². The summed E-state index contributed by atoms with van der Waals surface area (Å²) < 4.78 is 21.1. The van der Waals surface area contributed by atoms with Crippen molar-refractivity contribution in [3.05, 3.63) is 72.1 Å². The minimum atomic E-state index is -0.560. The fourth-order valence-electron chi connectivity index (χ4n) is 3.22. The maximum Gasteiger partial charge on any atom is 0.270 e. The Morgan fingerprint density at radius 2 is 1.94 bits per heavy atom. The fourth-order valence-corrected chi connectivity index (χ4v) is 3.22. The Bertz CT molecular complexity index is 1240. The molecule has 0 saturated carbocycles. The number of anilines is 2. The molecule has 0 fully saturated rings. The van der Waals surface area contributed by atoms with Gasteiger partial charge >= 0.3 is 0 Å². The van der Waals surface area contributed by atoms with Crippen LogP contribution in [0, 0.1) is 0 Å². The molecule has 4 rings (SSSR count). The molecule has 0 saturated heterocycles. The first-order valence-corrected chi connectivity index (χ1v) is 9.88. The lowest BCUT2D eigenvalue weighted by molar-refractivity contribution is 0.0950. The second-order valence-electron chi connectivity index (χ2n) is 6.90. The number of benzene rings is 2. The van der Waals surface area contributed by atoms with Gasteiger partial charge in [-0.15, -0.1) is 0 Å². The summed E-state index contributed by atoms with van der Waals surface area (Å²) in [4.78, 5) is 20.7. The number of hydrogen-bond acceptors (Lipinski definition) is 5. The Morgan fingerprint density at radius 3 is 2.74 bits per heavy atom. The number of ether oxygens (including phenoxy) is 1. The van der Waals surface area contributed by atoms with Crippen LogP contribution in [0.15, 0.2) is 60.8 Å². The predicted octanol–water partition coefficient (Wildman–Crippen LogP) is 4.72. The minimum Gasteiger partial charge on any atom is -0.457 e.